The standard InChI is InChI=1S/C20H22O5/c1-14-5-4-6-15(2)20(14)25-12-11-24-18-13-17(23-3)9-7-16(18)8-10-19(21)22/h4-10,13H,11-12H2,1-3H3,(H,21,22). The molecular formula is C20H22O5. The molecule has 5 nitrogen and oxygen atoms in total. The third kappa shape index (κ3) is 5.28. The van der Waals surface area contributed by atoms with E-state index in [4.69, 9.17) is 19.3 Å². The Morgan fingerprint density at radius 1 is 1.08 bits per heavy atom. The molecule has 2 aromatic rings. The summed E-state index contributed by atoms with van der Waals surface area (Å²) in [6.07, 6.45) is 2.56. The SMILES string of the molecule is COc1ccc(C=CC(=O)O)c(OCCOc2c(C)cccc2C)c1. The van der Waals surface area contributed by atoms with Crippen molar-refractivity contribution in [1.29, 1.82) is 0 Å². The van der Waals surface area contributed by atoms with E-state index in [9.17, 15) is 4.79 Å². The third-order valence-corrected chi connectivity index (χ3v) is 3.62. The number of hydrogen-bond acceptors (Lipinski definition) is 4. The quantitative estimate of drug-likeness (QED) is 0.583. The highest BCUT2D eigenvalue weighted by molar-refractivity contribution is 5.86. The molecule has 0 amide bonds. The number of para-hydroxylation sites is 1. The van der Waals surface area contributed by atoms with Gasteiger partial charge in [0.25, 0.3) is 0 Å². The summed E-state index contributed by atoms with van der Waals surface area (Å²) in [6, 6.07) is 11.2. The molecule has 5 heteroatoms. The minimum Gasteiger partial charge on any atom is -0.497 e. The number of aryl methyl sites for hydroxylation is 2. The first-order valence-corrected chi connectivity index (χ1v) is 7.92. The fourth-order valence-electron chi connectivity index (χ4n) is 2.39. The van der Waals surface area contributed by atoms with Gasteiger partial charge in [0.2, 0.25) is 0 Å². The van der Waals surface area contributed by atoms with E-state index in [-0.39, 0.29) is 0 Å². The summed E-state index contributed by atoms with van der Waals surface area (Å²) in [7, 11) is 1.57. The Labute approximate surface area is 147 Å². The van der Waals surface area contributed by atoms with Crippen molar-refractivity contribution in [2.24, 2.45) is 0 Å². The highest BCUT2D eigenvalue weighted by atomic mass is 16.5. The number of rotatable bonds is 8. The summed E-state index contributed by atoms with van der Waals surface area (Å²) in [5, 5.41) is 8.79. The van der Waals surface area contributed by atoms with Crippen molar-refractivity contribution in [3.8, 4) is 17.2 Å². The zero-order chi connectivity index (χ0) is 18.2. The van der Waals surface area contributed by atoms with Gasteiger partial charge in [0, 0.05) is 17.7 Å². The monoisotopic (exact) mass is 342 g/mol. The van der Waals surface area contributed by atoms with Crippen molar-refractivity contribution >= 4 is 12.0 Å². The summed E-state index contributed by atoms with van der Waals surface area (Å²) >= 11 is 0. The molecule has 0 radical (unpaired) electrons. The maximum absolute atomic E-state index is 10.7. The number of carboxylic acid groups (broad SMARTS) is 1. The summed E-state index contributed by atoms with van der Waals surface area (Å²) < 4.78 is 16.8. The Hall–Kier alpha value is -2.95. The third-order valence-electron chi connectivity index (χ3n) is 3.62. The largest absolute Gasteiger partial charge is 0.497 e. The lowest BCUT2D eigenvalue weighted by Crippen LogP contribution is -2.11. The van der Waals surface area contributed by atoms with Crippen molar-refractivity contribution in [2.45, 2.75) is 13.8 Å². The van der Waals surface area contributed by atoms with Crippen LogP contribution in [0.4, 0.5) is 0 Å². The number of hydrogen-bond donors (Lipinski definition) is 1. The molecule has 1 N–H and O–H groups in total. The number of ether oxygens (including phenoxy) is 3. The van der Waals surface area contributed by atoms with Gasteiger partial charge in [-0.05, 0) is 43.2 Å². The second-order valence-electron chi connectivity index (χ2n) is 5.49. The zero-order valence-electron chi connectivity index (χ0n) is 14.6. The Balaban J connectivity index is 2.02. The van der Waals surface area contributed by atoms with Gasteiger partial charge in [0.05, 0.1) is 7.11 Å². The first kappa shape index (κ1) is 18.4. The highest BCUT2D eigenvalue weighted by Crippen LogP contribution is 2.26. The Bertz CT molecular complexity index is 744. The van der Waals surface area contributed by atoms with E-state index in [0.717, 1.165) is 23.0 Å². The van der Waals surface area contributed by atoms with Gasteiger partial charge in [0.15, 0.2) is 0 Å². The van der Waals surface area contributed by atoms with Crippen LogP contribution in [0.3, 0.4) is 0 Å². The van der Waals surface area contributed by atoms with E-state index in [0.29, 0.717) is 30.3 Å². The molecule has 132 valence electrons. The van der Waals surface area contributed by atoms with Crippen LogP contribution >= 0.6 is 0 Å². The van der Waals surface area contributed by atoms with Crippen LogP contribution in [-0.2, 0) is 4.79 Å². The Morgan fingerprint density at radius 2 is 1.76 bits per heavy atom. The van der Waals surface area contributed by atoms with E-state index in [1.54, 1.807) is 25.3 Å². The molecule has 0 aliphatic rings. The van der Waals surface area contributed by atoms with Crippen LogP contribution in [0.25, 0.3) is 6.08 Å². The lowest BCUT2D eigenvalue weighted by atomic mass is 10.1. The van der Waals surface area contributed by atoms with Crippen LogP contribution in [0, 0.1) is 13.8 Å². The van der Waals surface area contributed by atoms with Crippen molar-refractivity contribution in [2.75, 3.05) is 20.3 Å². The van der Waals surface area contributed by atoms with Crippen LogP contribution < -0.4 is 14.2 Å². The van der Waals surface area contributed by atoms with Gasteiger partial charge < -0.3 is 19.3 Å². The van der Waals surface area contributed by atoms with E-state index in [1.807, 2.05) is 32.0 Å². The molecule has 0 spiro atoms. The summed E-state index contributed by atoms with van der Waals surface area (Å²) in [5.74, 6) is 1.03. The molecule has 0 saturated carbocycles. The molecule has 0 unspecified atom stereocenters. The predicted molar refractivity (Wildman–Crippen MR) is 96.6 cm³/mol. The van der Waals surface area contributed by atoms with Gasteiger partial charge >= 0.3 is 5.97 Å². The molecule has 0 atom stereocenters. The second kappa shape index (κ2) is 8.78. The molecule has 25 heavy (non-hydrogen) atoms. The lowest BCUT2D eigenvalue weighted by Gasteiger charge is -2.14. The molecule has 0 aromatic heterocycles. The molecule has 2 rings (SSSR count). The van der Waals surface area contributed by atoms with Gasteiger partial charge in [-0.25, -0.2) is 4.79 Å². The first-order chi connectivity index (χ1) is 12.0. The molecular weight excluding hydrogens is 320 g/mol. The average molecular weight is 342 g/mol. The topological polar surface area (TPSA) is 65.0 Å². The van der Waals surface area contributed by atoms with Crippen LogP contribution in [-0.4, -0.2) is 31.4 Å². The molecule has 2 aromatic carbocycles. The van der Waals surface area contributed by atoms with E-state index in [2.05, 4.69) is 0 Å². The molecule has 0 heterocycles. The fourth-order valence-corrected chi connectivity index (χ4v) is 2.39. The van der Waals surface area contributed by atoms with Crippen molar-refractivity contribution in [3.63, 3.8) is 0 Å². The van der Waals surface area contributed by atoms with Gasteiger partial charge in [0.1, 0.15) is 30.5 Å². The minimum atomic E-state index is -1.01. The summed E-state index contributed by atoms with van der Waals surface area (Å²) in [5.41, 5.74) is 2.81. The molecule has 0 saturated heterocycles. The average Bonchev–Trinajstić information content (AvgIpc) is 2.59. The smallest absolute Gasteiger partial charge is 0.328 e. The number of carboxylic acids is 1. The second-order valence-corrected chi connectivity index (χ2v) is 5.49. The normalized spacial score (nSPS) is 10.7. The van der Waals surface area contributed by atoms with Gasteiger partial charge in [-0.1, -0.05) is 18.2 Å². The van der Waals surface area contributed by atoms with Crippen LogP contribution in [0.2, 0.25) is 0 Å². The predicted octanol–water partition coefficient (Wildman–Crippen LogP) is 3.87. The van der Waals surface area contributed by atoms with E-state index in [1.165, 1.54) is 6.08 Å². The van der Waals surface area contributed by atoms with Crippen LogP contribution in [0.15, 0.2) is 42.5 Å². The summed E-state index contributed by atoms with van der Waals surface area (Å²) in [4.78, 5) is 10.7. The molecule has 0 aliphatic carbocycles. The summed E-state index contributed by atoms with van der Waals surface area (Å²) in [6.45, 7) is 4.71. The van der Waals surface area contributed by atoms with Crippen molar-refractivity contribution in [3.05, 3.63) is 59.2 Å². The maximum Gasteiger partial charge on any atom is 0.328 e. The Kier molecular flexibility index (Phi) is 6.46. The number of benzene rings is 2. The van der Waals surface area contributed by atoms with Gasteiger partial charge in [-0.2, -0.15) is 0 Å². The number of carbonyl (C=O) groups is 1. The molecule has 0 bridgehead atoms. The lowest BCUT2D eigenvalue weighted by molar-refractivity contribution is -0.131. The van der Waals surface area contributed by atoms with Crippen LogP contribution in [0.1, 0.15) is 16.7 Å². The van der Waals surface area contributed by atoms with Crippen LogP contribution in [0.5, 0.6) is 17.2 Å². The highest BCUT2D eigenvalue weighted by Gasteiger charge is 2.06. The van der Waals surface area contributed by atoms with E-state index < -0.39 is 5.97 Å². The van der Waals surface area contributed by atoms with Crippen molar-refractivity contribution in [1.82, 2.24) is 0 Å². The fraction of sp³-hybridized carbons (Fsp3) is 0.250. The first-order valence-electron chi connectivity index (χ1n) is 7.92. The Morgan fingerprint density at radius 3 is 2.40 bits per heavy atom. The maximum atomic E-state index is 10.7. The zero-order valence-corrected chi connectivity index (χ0v) is 14.6. The van der Waals surface area contributed by atoms with Gasteiger partial charge in [-0.3, -0.25) is 0 Å². The molecule has 0 fully saturated rings. The van der Waals surface area contributed by atoms with Crippen molar-refractivity contribution < 1.29 is 24.1 Å². The number of methoxy groups -OCH3 is 1. The van der Waals surface area contributed by atoms with Gasteiger partial charge in [-0.15, -0.1) is 0 Å². The minimum absolute atomic E-state index is 0.328. The molecule has 0 aliphatic heterocycles. The number of aliphatic carboxylic acids is 1. The van der Waals surface area contributed by atoms with E-state index >= 15 is 0 Å².